The first-order chi connectivity index (χ1) is 14.2. The van der Waals surface area contributed by atoms with Gasteiger partial charge in [0.1, 0.15) is 0 Å². The molecular weight excluding hydrogens is 416 g/mol. The summed E-state index contributed by atoms with van der Waals surface area (Å²) in [6, 6.07) is 16.4. The van der Waals surface area contributed by atoms with E-state index in [2.05, 4.69) is 25.2 Å². The van der Waals surface area contributed by atoms with Gasteiger partial charge in [-0.2, -0.15) is 13.2 Å². The molecule has 31 heavy (non-hydrogen) atoms. The van der Waals surface area contributed by atoms with Crippen LogP contribution in [0, 0.1) is 0 Å². The number of alkyl halides is 3. The first-order valence-corrected chi connectivity index (χ1v) is 13.7. The summed E-state index contributed by atoms with van der Waals surface area (Å²) >= 11 is 0. The molecule has 0 atom stereocenters. The predicted octanol–water partition coefficient (Wildman–Crippen LogP) is 6.34. The largest absolute Gasteiger partial charge is 0.490 e. The van der Waals surface area contributed by atoms with E-state index >= 15 is 0 Å². The third-order valence-electron chi connectivity index (χ3n) is 6.35. The number of allylic oxidation sites excluding steroid dienone is 1. The van der Waals surface area contributed by atoms with Gasteiger partial charge in [-0.05, 0) is 56.9 Å². The number of benzene rings is 2. The summed E-state index contributed by atoms with van der Waals surface area (Å²) in [7, 11) is -2.44. The zero-order valence-corrected chi connectivity index (χ0v) is 20.0. The molecule has 1 aliphatic rings. The Hall–Kier alpha value is -1.83. The topological polar surface area (TPSA) is 18.5 Å². The maximum absolute atomic E-state index is 13.0. The van der Waals surface area contributed by atoms with Gasteiger partial charge in [0.25, 0.3) is 0 Å². The quantitative estimate of drug-likeness (QED) is 0.500. The van der Waals surface area contributed by atoms with Crippen molar-refractivity contribution in [3.8, 4) is 0 Å². The average molecular weight is 446 g/mol. The van der Waals surface area contributed by atoms with Crippen LogP contribution in [0.4, 0.5) is 13.2 Å². The highest BCUT2D eigenvalue weighted by Gasteiger charge is 2.52. The summed E-state index contributed by atoms with van der Waals surface area (Å²) in [6.07, 6.45) is -2.42. The van der Waals surface area contributed by atoms with Crippen LogP contribution < -0.4 is 5.19 Å². The summed E-state index contributed by atoms with van der Waals surface area (Å²) in [5.74, 6) is 0. The van der Waals surface area contributed by atoms with Gasteiger partial charge in [-0.25, -0.2) is 0 Å². The Labute approximate surface area is 184 Å². The lowest BCUT2D eigenvalue weighted by Crippen LogP contribution is -2.43. The van der Waals surface area contributed by atoms with Crippen molar-refractivity contribution in [1.82, 2.24) is 0 Å². The first-order valence-electron chi connectivity index (χ1n) is 10.5. The van der Waals surface area contributed by atoms with Gasteiger partial charge in [0.15, 0.2) is 0 Å². The number of halogens is 3. The van der Waals surface area contributed by atoms with Crippen LogP contribution in [-0.2, 0) is 15.5 Å². The van der Waals surface area contributed by atoms with Crippen molar-refractivity contribution in [3.05, 3.63) is 71.2 Å². The molecular formula is C24H30BF3O2Si. The van der Waals surface area contributed by atoms with Crippen LogP contribution in [0.3, 0.4) is 0 Å². The molecule has 1 heterocycles. The van der Waals surface area contributed by atoms with Crippen LogP contribution in [0.2, 0.25) is 19.1 Å². The highest BCUT2D eigenvalue weighted by atomic mass is 28.3. The molecule has 0 amide bonds. The fourth-order valence-electron chi connectivity index (χ4n) is 3.68. The van der Waals surface area contributed by atoms with E-state index in [0.717, 1.165) is 23.6 Å². The molecule has 2 aromatic rings. The Balaban J connectivity index is 1.98. The smallest absolute Gasteiger partial charge is 0.400 e. The molecule has 0 aromatic heterocycles. The van der Waals surface area contributed by atoms with Crippen LogP contribution in [0.1, 0.15) is 38.8 Å². The Morgan fingerprint density at radius 1 is 0.903 bits per heavy atom. The van der Waals surface area contributed by atoms with E-state index < -0.39 is 38.1 Å². The molecule has 2 aromatic carbocycles. The van der Waals surface area contributed by atoms with Gasteiger partial charge in [-0.1, -0.05) is 66.8 Å². The molecule has 0 saturated carbocycles. The average Bonchev–Trinajstić information content (AvgIpc) is 2.89. The van der Waals surface area contributed by atoms with Gasteiger partial charge in [-0.15, -0.1) is 0 Å². The van der Waals surface area contributed by atoms with Crippen molar-refractivity contribution in [2.75, 3.05) is 0 Å². The zero-order chi connectivity index (χ0) is 23.1. The third-order valence-corrected chi connectivity index (χ3v) is 9.54. The second-order valence-corrected chi connectivity index (χ2v) is 14.6. The Kier molecular flexibility index (Phi) is 6.35. The Bertz CT molecular complexity index is 920. The van der Waals surface area contributed by atoms with Gasteiger partial charge < -0.3 is 9.31 Å². The number of rotatable bonds is 5. The lowest BCUT2D eigenvalue weighted by atomic mass is 9.78. The van der Waals surface area contributed by atoms with E-state index in [-0.39, 0.29) is 0 Å². The van der Waals surface area contributed by atoms with Crippen molar-refractivity contribution in [1.29, 1.82) is 0 Å². The zero-order valence-electron chi connectivity index (χ0n) is 19.0. The van der Waals surface area contributed by atoms with E-state index in [0.29, 0.717) is 5.56 Å². The van der Waals surface area contributed by atoms with Gasteiger partial charge in [-0.3, -0.25) is 0 Å². The van der Waals surface area contributed by atoms with Gasteiger partial charge >= 0.3 is 13.3 Å². The maximum atomic E-state index is 13.0. The van der Waals surface area contributed by atoms with E-state index in [4.69, 9.17) is 9.31 Å². The van der Waals surface area contributed by atoms with Gasteiger partial charge in [0, 0.05) is 0 Å². The van der Waals surface area contributed by atoms with E-state index in [1.807, 2.05) is 52.0 Å². The standard InChI is InChI=1S/C24H30BF3O2Si/c1-22(2)23(3,4)30-25(29-22)20(17-31(5,6)21-10-8-7-9-11-21)16-18-12-14-19(15-13-18)24(26,27)28/h7-16H,17H2,1-6H3/b20-16+. The molecule has 3 rings (SSSR count). The minimum Gasteiger partial charge on any atom is -0.400 e. The maximum Gasteiger partial charge on any atom is 0.490 e. The van der Waals surface area contributed by atoms with Crippen LogP contribution >= 0.6 is 0 Å². The molecule has 166 valence electrons. The molecule has 2 nitrogen and oxygen atoms in total. The van der Waals surface area contributed by atoms with E-state index in [1.54, 1.807) is 0 Å². The second-order valence-electron chi connectivity index (χ2n) is 9.85. The monoisotopic (exact) mass is 446 g/mol. The van der Waals surface area contributed by atoms with Crippen LogP contribution in [-0.4, -0.2) is 26.4 Å². The van der Waals surface area contributed by atoms with Crippen molar-refractivity contribution in [2.24, 2.45) is 0 Å². The molecule has 0 radical (unpaired) electrons. The van der Waals surface area contributed by atoms with Gasteiger partial charge in [0.05, 0.1) is 24.8 Å². The summed E-state index contributed by atoms with van der Waals surface area (Å²) in [5.41, 5.74) is 0.0281. The second kappa shape index (κ2) is 8.26. The minimum absolute atomic E-state index is 0.491. The highest BCUT2D eigenvalue weighted by molar-refractivity contribution is 6.91. The van der Waals surface area contributed by atoms with Crippen molar-refractivity contribution >= 4 is 26.5 Å². The Morgan fingerprint density at radius 3 is 1.90 bits per heavy atom. The minimum atomic E-state index is -4.35. The summed E-state index contributed by atoms with van der Waals surface area (Å²) in [6.45, 7) is 12.6. The number of hydrogen-bond acceptors (Lipinski definition) is 2. The molecule has 0 spiro atoms. The highest BCUT2D eigenvalue weighted by Crippen LogP contribution is 2.40. The molecule has 1 saturated heterocycles. The van der Waals surface area contributed by atoms with E-state index in [9.17, 15) is 13.2 Å². The van der Waals surface area contributed by atoms with Crippen LogP contribution in [0.5, 0.6) is 0 Å². The number of hydrogen-bond donors (Lipinski definition) is 0. The first kappa shape index (κ1) is 23.8. The fraction of sp³-hybridized carbons (Fsp3) is 0.417. The van der Waals surface area contributed by atoms with Crippen LogP contribution in [0.15, 0.2) is 60.1 Å². The SMILES string of the molecule is CC1(C)OB(/C(=C/c2ccc(C(F)(F)F)cc2)C[Si](C)(C)c2ccccc2)OC1(C)C. The molecule has 1 aliphatic heterocycles. The van der Waals surface area contributed by atoms with Crippen LogP contribution in [0.25, 0.3) is 6.08 Å². The molecule has 1 fully saturated rings. The molecule has 0 unspecified atom stereocenters. The molecule has 0 N–H and O–H groups in total. The summed E-state index contributed by atoms with van der Waals surface area (Å²) in [5, 5.41) is 1.31. The summed E-state index contributed by atoms with van der Waals surface area (Å²) in [4.78, 5) is 0. The fourth-order valence-corrected chi connectivity index (χ4v) is 6.27. The third kappa shape index (κ3) is 5.33. The molecule has 0 bridgehead atoms. The van der Waals surface area contributed by atoms with E-state index in [1.165, 1.54) is 17.3 Å². The predicted molar refractivity (Wildman–Crippen MR) is 124 cm³/mol. The lowest BCUT2D eigenvalue weighted by Gasteiger charge is -2.32. The lowest BCUT2D eigenvalue weighted by molar-refractivity contribution is -0.137. The normalized spacial score (nSPS) is 19.0. The Morgan fingerprint density at radius 2 is 1.42 bits per heavy atom. The van der Waals surface area contributed by atoms with Gasteiger partial charge in [0.2, 0.25) is 0 Å². The van der Waals surface area contributed by atoms with Crippen molar-refractivity contribution in [3.63, 3.8) is 0 Å². The van der Waals surface area contributed by atoms with Crippen molar-refractivity contribution in [2.45, 2.75) is 64.2 Å². The molecule has 0 aliphatic carbocycles. The van der Waals surface area contributed by atoms with Crippen molar-refractivity contribution < 1.29 is 22.5 Å². The summed E-state index contributed by atoms with van der Waals surface area (Å²) < 4.78 is 51.5. The molecule has 7 heteroatoms.